The summed E-state index contributed by atoms with van der Waals surface area (Å²) in [5, 5.41) is 4.42. The first-order valence-corrected chi connectivity index (χ1v) is 8.49. The third-order valence-corrected chi connectivity index (χ3v) is 5.43. The monoisotopic (exact) mass is 293 g/mol. The number of hydrogen-bond acceptors (Lipinski definition) is 4. The van der Waals surface area contributed by atoms with E-state index >= 15 is 0 Å². The minimum atomic E-state index is 0.156. The van der Waals surface area contributed by atoms with Crippen molar-refractivity contribution in [3.8, 4) is 0 Å². The van der Waals surface area contributed by atoms with Gasteiger partial charge in [-0.15, -0.1) is 11.3 Å². The number of fused-ring (bicyclic) bond motifs is 1. The van der Waals surface area contributed by atoms with Crippen LogP contribution in [0.15, 0.2) is 0 Å². The van der Waals surface area contributed by atoms with Gasteiger partial charge in [0.2, 0.25) is 5.91 Å². The van der Waals surface area contributed by atoms with Gasteiger partial charge in [-0.2, -0.15) is 0 Å². The molecule has 0 radical (unpaired) electrons. The lowest BCUT2D eigenvalue weighted by Crippen LogP contribution is -2.41. The molecule has 2 aliphatic rings. The van der Waals surface area contributed by atoms with E-state index in [1.807, 2.05) is 23.3 Å². The molecular weight excluding hydrogens is 270 g/mol. The summed E-state index contributed by atoms with van der Waals surface area (Å²) < 4.78 is 0. The van der Waals surface area contributed by atoms with E-state index in [2.05, 4.69) is 5.32 Å². The molecule has 1 N–H and O–H groups in total. The van der Waals surface area contributed by atoms with E-state index in [1.165, 1.54) is 29.8 Å². The van der Waals surface area contributed by atoms with E-state index in [1.54, 1.807) is 0 Å². The van der Waals surface area contributed by atoms with Crippen LogP contribution in [0, 0.1) is 5.92 Å². The molecular formula is C15H23N3OS. The summed E-state index contributed by atoms with van der Waals surface area (Å²) in [5.74, 6) is 0.425. The largest absolute Gasteiger partial charge is 0.339 e. The minimum absolute atomic E-state index is 0.156. The average molecular weight is 293 g/mol. The Morgan fingerprint density at radius 3 is 3.00 bits per heavy atom. The second-order valence-electron chi connectivity index (χ2n) is 5.92. The number of carbonyl (C=O) groups excluding carboxylic acids is 1. The van der Waals surface area contributed by atoms with Gasteiger partial charge >= 0.3 is 0 Å². The maximum Gasteiger partial charge on any atom is 0.227 e. The summed E-state index contributed by atoms with van der Waals surface area (Å²) in [6, 6.07) is 0. The average Bonchev–Trinajstić information content (AvgIpc) is 2.89. The van der Waals surface area contributed by atoms with Crippen molar-refractivity contribution in [1.82, 2.24) is 15.2 Å². The maximum atomic E-state index is 12.4. The summed E-state index contributed by atoms with van der Waals surface area (Å²) in [6.07, 6.45) is 6.98. The first-order valence-electron chi connectivity index (χ1n) is 7.67. The fourth-order valence-electron chi connectivity index (χ4n) is 3.13. The zero-order chi connectivity index (χ0) is 13.9. The highest BCUT2D eigenvalue weighted by atomic mass is 32.1. The summed E-state index contributed by atoms with van der Waals surface area (Å²) in [5.41, 5.74) is 1.29. The van der Waals surface area contributed by atoms with Gasteiger partial charge in [-0.25, -0.2) is 4.98 Å². The van der Waals surface area contributed by atoms with Gasteiger partial charge in [-0.1, -0.05) is 0 Å². The van der Waals surface area contributed by atoms with Crippen molar-refractivity contribution in [2.75, 3.05) is 20.1 Å². The number of thiazole rings is 1. The molecule has 1 aliphatic heterocycles. The Kier molecular flexibility index (Phi) is 4.36. The van der Waals surface area contributed by atoms with Gasteiger partial charge in [0.25, 0.3) is 0 Å². The number of aryl methyl sites for hydroxylation is 2. The first kappa shape index (κ1) is 14.0. The highest BCUT2D eigenvalue weighted by Gasteiger charge is 2.25. The van der Waals surface area contributed by atoms with Crippen molar-refractivity contribution in [3.05, 3.63) is 15.6 Å². The third-order valence-electron chi connectivity index (χ3n) is 4.28. The lowest BCUT2D eigenvalue weighted by molar-refractivity contribution is -0.135. The van der Waals surface area contributed by atoms with E-state index in [0.29, 0.717) is 6.54 Å². The van der Waals surface area contributed by atoms with Crippen LogP contribution in [0.3, 0.4) is 0 Å². The Balaban J connectivity index is 1.61. The van der Waals surface area contributed by atoms with Crippen LogP contribution in [-0.4, -0.2) is 35.9 Å². The Morgan fingerprint density at radius 1 is 1.40 bits per heavy atom. The summed E-state index contributed by atoms with van der Waals surface area (Å²) in [6.45, 7) is 2.55. The van der Waals surface area contributed by atoms with E-state index in [0.717, 1.165) is 37.4 Å². The van der Waals surface area contributed by atoms with Gasteiger partial charge in [0.15, 0.2) is 0 Å². The van der Waals surface area contributed by atoms with Gasteiger partial charge in [-0.05, 0) is 45.1 Å². The third kappa shape index (κ3) is 3.04. The molecule has 1 aromatic heterocycles. The van der Waals surface area contributed by atoms with Crippen LogP contribution in [0.1, 0.15) is 41.3 Å². The van der Waals surface area contributed by atoms with E-state index in [4.69, 9.17) is 4.98 Å². The molecule has 2 heterocycles. The molecule has 1 aliphatic carbocycles. The number of piperidine rings is 1. The minimum Gasteiger partial charge on any atom is -0.339 e. The van der Waals surface area contributed by atoms with Gasteiger partial charge in [-0.3, -0.25) is 4.79 Å². The zero-order valence-corrected chi connectivity index (χ0v) is 13.0. The number of amides is 1. The smallest absolute Gasteiger partial charge is 0.227 e. The van der Waals surface area contributed by atoms with Crippen LogP contribution in [-0.2, 0) is 24.2 Å². The Labute approximate surface area is 124 Å². The predicted octanol–water partition coefficient (Wildman–Crippen LogP) is 1.98. The predicted molar refractivity (Wildman–Crippen MR) is 80.8 cm³/mol. The fourth-order valence-corrected chi connectivity index (χ4v) is 4.34. The summed E-state index contributed by atoms with van der Waals surface area (Å²) in [4.78, 5) is 20.4. The normalized spacial score (nSPS) is 22.4. The van der Waals surface area contributed by atoms with Gasteiger partial charge in [0, 0.05) is 18.5 Å². The standard InChI is InChI=1S/C15H23N3OS/c1-18(15(19)11-5-4-8-16-9-11)10-14-17-12-6-2-3-7-13(12)20-14/h11,16H,2-10H2,1H3. The lowest BCUT2D eigenvalue weighted by atomic mass is 9.98. The van der Waals surface area contributed by atoms with Crippen LogP contribution in [0.4, 0.5) is 0 Å². The molecule has 4 nitrogen and oxygen atoms in total. The molecule has 1 amide bonds. The van der Waals surface area contributed by atoms with Crippen LogP contribution in [0.25, 0.3) is 0 Å². The molecule has 0 spiro atoms. The van der Waals surface area contributed by atoms with Crippen molar-refractivity contribution >= 4 is 17.2 Å². The molecule has 1 unspecified atom stereocenters. The molecule has 1 saturated heterocycles. The van der Waals surface area contributed by atoms with Crippen molar-refractivity contribution in [2.45, 2.75) is 45.1 Å². The van der Waals surface area contributed by atoms with Crippen molar-refractivity contribution in [2.24, 2.45) is 5.92 Å². The molecule has 110 valence electrons. The topological polar surface area (TPSA) is 45.2 Å². The number of rotatable bonds is 3. The first-order chi connectivity index (χ1) is 9.74. The van der Waals surface area contributed by atoms with Crippen molar-refractivity contribution in [3.63, 3.8) is 0 Å². The molecule has 1 aromatic rings. The molecule has 0 aromatic carbocycles. The van der Waals surface area contributed by atoms with Gasteiger partial charge < -0.3 is 10.2 Å². The number of carbonyl (C=O) groups is 1. The Morgan fingerprint density at radius 2 is 2.25 bits per heavy atom. The number of nitrogens with zero attached hydrogens (tertiary/aromatic N) is 2. The molecule has 5 heteroatoms. The molecule has 0 saturated carbocycles. The van der Waals surface area contributed by atoms with E-state index in [9.17, 15) is 4.79 Å². The van der Waals surface area contributed by atoms with E-state index in [-0.39, 0.29) is 11.8 Å². The van der Waals surface area contributed by atoms with Crippen LogP contribution < -0.4 is 5.32 Å². The number of nitrogens with one attached hydrogen (secondary N) is 1. The Hall–Kier alpha value is -0.940. The Bertz CT molecular complexity index is 456. The van der Waals surface area contributed by atoms with Crippen LogP contribution in [0.5, 0.6) is 0 Å². The lowest BCUT2D eigenvalue weighted by Gasteiger charge is -2.26. The molecule has 0 bridgehead atoms. The number of hydrogen-bond donors (Lipinski definition) is 1. The quantitative estimate of drug-likeness (QED) is 0.927. The second-order valence-corrected chi connectivity index (χ2v) is 7.09. The highest BCUT2D eigenvalue weighted by Crippen LogP contribution is 2.27. The van der Waals surface area contributed by atoms with Crippen molar-refractivity contribution < 1.29 is 4.79 Å². The summed E-state index contributed by atoms with van der Waals surface area (Å²) >= 11 is 1.81. The zero-order valence-electron chi connectivity index (χ0n) is 12.2. The van der Waals surface area contributed by atoms with Gasteiger partial charge in [0.05, 0.1) is 18.2 Å². The van der Waals surface area contributed by atoms with Crippen molar-refractivity contribution in [1.29, 1.82) is 0 Å². The molecule has 1 atom stereocenters. The number of aromatic nitrogens is 1. The summed E-state index contributed by atoms with van der Waals surface area (Å²) in [7, 11) is 1.91. The molecule has 20 heavy (non-hydrogen) atoms. The maximum absolute atomic E-state index is 12.4. The molecule has 3 rings (SSSR count). The van der Waals surface area contributed by atoms with E-state index < -0.39 is 0 Å². The highest BCUT2D eigenvalue weighted by molar-refractivity contribution is 7.11. The molecule has 1 fully saturated rings. The fraction of sp³-hybridized carbons (Fsp3) is 0.733. The van der Waals surface area contributed by atoms with Crippen LogP contribution >= 0.6 is 11.3 Å². The van der Waals surface area contributed by atoms with Crippen LogP contribution in [0.2, 0.25) is 0 Å². The SMILES string of the molecule is CN(Cc1nc2c(s1)CCCC2)C(=O)C1CCCNC1. The second kappa shape index (κ2) is 6.22. The van der Waals surface area contributed by atoms with Gasteiger partial charge in [0.1, 0.15) is 5.01 Å².